The Bertz CT molecular complexity index is 368. The zero-order chi connectivity index (χ0) is 10.6. The van der Waals surface area contributed by atoms with Crippen LogP contribution in [0, 0.1) is 0 Å². The standard InChI is InChI=1S/C10H11ClN2O/c1-3-5-9-8(10(11)14)7-13(12-9)6-4-2/h3-4,7H,1-2,5-6H2. The number of rotatable bonds is 5. The molecule has 4 heteroatoms. The number of carbonyl (C=O) groups is 1. The lowest BCUT2D eigenvalue weighted by atomic mass is 10.2. The van der Waals surface area contributed by atoms with Crippen molar-refractivity contribution < 1.29 is 4.79 Å². The van der Waals surface area contributed by atoms with Crippen LogP contribution in [0.25, 0.3) is 0 Å². The van der Waals surface area contributed by atoms with Crippen molar-refractivity contribution in [3.05, 3.63) is 42.8 Å². The molecule has 1 rings (SSSR count). The van der Waals surface area contributed by atoms with Crippen LogP contribution in [0.4, 0.5) is 0 Å². The second-order valence-electron chi connectivity index (χ2n) is 2.77. The number of carbonyl (C=O) groups excluding carboxylic acids is 1. The normalized spacial score (nSPS) is 9.79. The lowest BCUT2D eigenvalue weighted by molar-refractivity contribution is 0.108. The van der Waals surface area contributed by atoms with Gasteiger partial charge in [-0.15, -0.1) is 13.2 Å². The summed E-state index contributed by atoms with van der Waals surface area (Å²) in [5, 5.41) is 3.69. The van der Waals surface area contributed by atoms with Gasteiger partial charge < -0.3 is 0 Å². The molecule has 0 spiro atoms. The topological polar surface area (TPSA) is 34.9 Å². The minimum Gasteiger partial charge on any atom is -0.275 e. The third kappa shape index (κ3) is 2.33. The Morgan fingerprint density at radius 3 is 2.79 bits per heavy atom. The average Bonchev–Trinajstić information content (AvgIpc) is 2.49. The number of nitrogens with zero attached hydrogens (tertiary/aromatic N) is 2. The summed E-state index contributed by atoms with van der Waals surface area (Å²) in [7, 11) is 0. The molecule has 0 aromatic carbocycles. The highest BCUT2D eigenvalue weighted by atomic mass is 35.5. The fourth-order valence-corrected chi connectivity index (χ4v) is 1.30. The molecule has 1 heterocycles. The first-order valence-corrected chi connectivity index (χ1v) is 4.54. The molecule has 74 valence electrons. The van der Waals surface area contributed by atoms with Crippen LogP contribution in [0.15, 0.2) is 31.5 Å². The molecule has 0 unspecified atom stereocenters. The maximum atomic E-state index is 11.0. The summed E-state index contributed by atoms with van der Waals surface area (Å²) in [6.45, 7) is 7.74. The van der Waals surface area contributed by atoms with E-state index in [1.165, 1.54) is 0 Å². The lowest BCUT2D eigenvalue weighted by Crippen LogP contribution is -1.96. The molecule has 0 aliphatic heterocycles. The van der Waals surface area contributed by atoms with Crippen LogP contribution in [-0.4, -0.2) is 15.0 Å². The van der Waals surface area contributed by atoms with Crippen LogP contribution in [-0.2, 0) is 13.0 Å². The Kier molecular flexibility index (Phi) is 3.65. The number of allylic oxidation sites excluding steroid dienone is 2. The zero-order valence-corrected chi connectivity index (χ0v) is 8.50. The fraction of sp³-hybridized carbons (Fsp3) is 0.200. The van der Waals surface area contributed by atoms with E-state index in [0.717, 1.165) is 0 Å². The van der Waals surface area contributed by atoms with Crippen LogP contribution in [0.3, 0.4) is 0 Å². The van der Waals surface area contributed by atoms with Gasteiger partial charge in [0.2, 0.25) is 0 Å². The summed E-state index contributed by atoms with van der Waals surface area (Å²) in [4.78, 5) is 11.0. The molecule has 0 bridgehead atoms. The van der Waals surface area contributed by atoms with Crippen molar-refractivity contribution in [3.63, 3.8) is 0 Å². The van der Waals surface area contributed by atoms with Crippen LogP contribution in [0.2, 0.25) is 0 Å². The molecule has 0 saturated heterocycles. The summed E-state index contributed by atoms with van der Waals surface area (Å²) in [5.74, 6) is 0. The maximum absolute atomic E-state index is 11.0. The second kappa shape index (κ2) is 4.77. The summed E-state index contributed by atoms with van der Waals surface area (Å²) in [5.41, 5.74) is 1.09. The molecular formula is C10H11ClN2O. The first-order valence-electron chi connectivity index (χ1n) is 4.17. The van der Waals surface area contributed by atoms with E-state index in [-0.39, 0.29) is 0 Å². The van der Waals surface area contributed by atoms with Crippen molar-refractivity contribution in [1.82, 2.24) is 9.78 Å². The largest absolute Gasteiger partial charge is 0.275 e. The highest BCUT2D eigenvalue weighted by molar-refractivity contribution is 6.67. The minimum absolute atomic E-state index is 0.438. The lowest BCUT2D eigenvalue weighted by Gasteiger charge is -1.92. The predicted molar refractivity (Wildman–Crippen MR) is 56.5 cm³/mol. The highest BCUT2D eigenvalue weighted by Crippen LogP contribution is 2.11. The summed E-state index contributed by atoms with van der Waals surface area (Å²) in [6.07, 6.45) is 5.55. The van der Waals surface area contributed by atoms with E-state index in [0.29, 0.717) is 24.2 Å². The van der Waals surface area contributed by atoms with Gasteiger partial charge in [-0.25, -0.2) is 0 Å². The first-order chi connectivity index (χ1) is 6.69. The Labute approximate surface area is 87.7 Å². The molecule has 3 nitrogen and oxygen atoms in total. The van der Waals surface area contributed by atoms with Crippen LogP contribution < -0.4 is 0 Å². The van der Waals surface area contributed by atoms with Gasteiger partial charge in [-0.2, -0.15) is 5.10 Å². The van der Waals surface area contributed by atoms with Gasteiger partial charge in [0.1, 0.15) is 0 Å². The molecule has 0 atom stereocenters. The quantitative estimate of drug-likeness (QED) is 0.552. The molecule has 0 fully saturated rings. The SMILES string of the molecule is C=CCc1nn(CC=C)cc1C(=O)Cl. The van der Waals surface area contributed by atoms with Gasteiger partial charge in [-0.05, 0) is 11.6 Å². The second-order valence-corrected chi connectivity index (χ2v) is 3.11. The maximum Gasteiger partial charge on any atom is 0.255 e. The predicted octanol–water partition coefficient (Wildman–Crippen LogP) is 2.18. The molecule has 0 aliphatic rings. The Hall–Kier alpha value is -1.35. The molecule has 0 aliphatic carbocycles. The molecule has 0 amide bonds. The van der Waals surface area contributed by atoms with Gasteiger partial charge in [-0.3, -0.25) is 9.48 Å². The Balaban J connectivity index is 3.04. The third-order valence-corrected chi connectivity index (χ3v) is 1.91. The van der Waals surface area contributed by atoms with Crippen molar-refractivity contribution in [2.75, 3.05) is 0 Å². The third-order valence-electron chi connectivity index (χ3n) is 1.70. The van der Waals surface area contributed by atoms with Crippen molar-refractivity contribution >= 4 is 16.8 Å². The van der Waals surface area contributed by atoms with Gasteiger partial charge in [-0.1, -0.05) is 12.2 Å². The Morgan fingerprint density at radius 2 is 2.29 bits per heavy atom. The smallest absolute Gasteiger partial charge is 0.255 e. The summed E-state index contributed by atoms with van der Waals surface area (Å²) >= 11 is 5.41. The minimum atomic E-state index is -0.489. The fourth-order valence-electron chi connectivity index (χ4n) is 1.14. The van der Waals surface area contributed by atoms with Gasteiger partial charge in [0, 0.05) is 12.6 Å². The van der Waals surface area contributed by atoms with Gasteiger partial charge >= 0.3 is 0 Å². The summed E-state index contributed by atoms with van der Waals surface area (Å²) < 4.78 is 1.63. The van der Waals surface area contributed by atoms with Crippen LogP contribution >= 0.6 is 11.6 Å². The highest BCUT2D eigenvalue weighted by Gasteiger charge is 2.12. The van der Waals surface area contributed by atoms with E-state index in [1.807, 2.05) is 0 Å². The van der Waals surface area contributed by atoms with E-state index in [1.54, 1.807) is 23.0 Å². The number of aromatic nitrogens is 2. The van der Waals surface area contributed by atoms with E-state index < -0.39 is 5.24 Å². The molecule has 1 aromatic rings. The van der Waals surface area contributed by atoms with Crippen molar-refractivity contribution in [1.29, 1.82) is 0 Å². The van der Waals surface area contributed by atoms with Gasteiger partial charge in [0.15, 0.2) is 0 Å². The molecule has 14 heavy (non-hydrogen) atoms. The zero-order valence-electron chi connectivity index (χ0n) is 7.74. The van der Waals surface area contributed by atoms with E-state index in [2.05, 4.69) is 18.3 Å². The number of hydrogen-bond donors (Lipinski definition) is 0. The molecule has 1 aromatic heterocycles. The van der Waals surface area contributed by atoms with Crippen molar-refractivity contribution in [2.45, 2.75) is 13.0 Å². The van der Waals surface area contributed by atoms with Crippen LogP contribution in [0.5, 0.6) is 0 Å². The van der Waals surface area contributed by atoms with E-state index in [4.69, 9.17) is 11.6 Å². The molecule has 0 saturated carbocycles. The molecule has 0 radical (unpaired) electrons. The monoisotopic (exact) mass is 210 g/mol. The van der Waals surface area contributed by atoms with Gasteiger partial charge in [0.05, 0.1) is 17.8 Å². The number of halogens is 1. The van der Waals surface area contributed by atoms with Crippen molar-refractivity contribution in [2.24, 2.45) is 0 Å². The molecule has 0 N–H and O–H groups in total. The molecular weight excluding hydrogens is 200 g/mol. The van der Waals surface area contributed by atoms with Gasteiger partial charge in [0.25, 0.3) is 5.24 Å². The van der Waals surface area contributed by atoms with Crippen molar-refractivity contribution in [3.8, 4) is 0 Å². The Morgan fingerprint density at radius 1 is 1.57 bits per heavy atom. The van der Waals surface area contributed by atoms with Crippen LogP contribution in [0.1, 0.15) is 16.1 Å². The van der Waals surface area contributed by atoms with E-state index >= 15 is 0 Å². The van der Waals surface area contributed by atoms with E-state index in [9.17, 15) is 4.79 Å². The first kappa shape index (κ1) is 10.7. The average molecular weight is 211 g/mol. The summed E-state index contributed by atoms with van der Waals surface area (Å²) in [6, 6.07) is 0. The number of hydrogen-bond acceptors (Lipinski definition) is 2.